The first kappa shape index (κ1) is 24.2. The van der Waals surface area contributed by atoms with Gasteiger partial charge in [0.25, 0.3) is 5.91 Å². The number of likely N-dealkylation sites (tertiary alicyclic amines) is 1. The number of benzene rings is 1. The number of nitrogens with zero attached hydrogens (tertiary/aromatic N) is 1. The lowest BCUT2D eigenvalue weighted by molar-refractivity contribution is -0.117. The lowest BCUT2D eigenvalue weighted by atomic mass is 10.1. The van der Waals surface area contributed by atoms with Crippen LogP contribution in [0.1, 0.15) is 43.0 Å². The van der Waals surface area contributed by atoms with Gasteiger partial charge in [-0.2, -0.15) is 0 Å². The van der Waals surface area contributed by atoms with Crippen molar-refractivity contribution in [3.8, 4) is 11.5 Å². The number of methoxy groups -OCH3 is 1. The summed E-state index contributed by atoms with van der Waals surface area (Å²) in [5.41, 5.74) is 0.397. The molecule has 1 heterocycles. The standard InChI is InChI=1S/C22H30N2O7/c1-4-10-31-22(28)23-18-13-20(30-11-6-7-15(2)26)19(29-3)12-17(18)21(27)24-9-5-8-16(24)14-25/h4,12-13,16,25H,1,5-11,14H2,2-3H3,(H,23,28)/t16-/m0/s1. The lowest BCUT2D eigenvalue weighted by Crippen LogP contribution is -2.38. The van der Waals surface area contributed by atoms with Crippen LogP contribution in [-0.4, -0.2) is 67.3 Å². The molecule has 2 N–H and O–H groups in total. The predicted octanol–water partition coefficient (Wildman–Crippen LogP) is 2.77. The molecule has 31 heavy (non-hydrogen) atoms. The fourth-order valence-electron chi connectivity index (χ4n) is 3.34. The van der Waals surface area contributed by atoms with Crippen molar-refractivity contribution in [2.45, 2.75) is 38.6 Å². The molecule has 0 unspecified atom stereocenters. The van der Waals surface area contributed by atoms with Crippen molar-refractivity contribution in [2.24, 2.45) is 0 Å². The second-order valence-electron chi connectivity index (χ2n) is 7.19. The first-order chi connectivity index (χ1) is 14.9. The molecule has 1 atom stereocenters. The van der Waals surface area contributed by atoms with Crippen LogP contribution in [0.25, 0.3) is 0 Å². The van der Waals surface area contributed by atoms with E-state index in [1.165, 1.54) is 32.2 Å². The number of rotatable bonds is 11. The van der Waals surface area contributed by atoms with Gasteiger partial charge in [-0.05, 0) is 32.3 Å². The third kappa shape index (κ3) is 6.71. The number of carbonyl (C=O) groups is 3. The van der Waals surface area contributed by atoms with Crippen molar-refractivity contribution in [1.82, 2.24) is 4.90 Å². The summed E-state index contributed by atoms with van der Waals surface area (Å²) in [5.74, 6) is 0.363. The highest BCUT2D eigenvalue weighted by Gasteiger charge is 2.31. The second kappa shape index (κ2) is 11.9. The zero-order chi connectivity index (χ0) is 22.8. The Bertz CT molecular complexity index is 809. The molecule has 0 bridgehead atoms. The van der Waals surface area contributed by atoms with E-state index < -0.39 is 6.09 Å². The van der Waals surface area contributed by atoms with Crippen LogP contribution in [0.3, 0.4) is 0 Å². The van der Waals surface area contributed by atoms with Crippen LogP contribution in [0.5, 0.6) is 11.5 Å². The van der Waals surface area contributed by atoms with Gasteiger partial charge < -0.3 is 29.0 Å². The minimum atomic E-state index is -0.748. The largest absolute Gasteiger partial charge is 0.493 e. The molecular weight excluding hydrogens is 404 g/mol. The number of nitrogens with one attached hydrogen (secondary N) is 1. The molecule has 1 aliphatic rings. The third-order valence-electron chi connectivity index (χ3n) is 4.88. The molecule has 0 aromatic heterocycles. The molecule has 1 aliphatic heterocycles. The maximum atomic E-state index is 13.2. The van der Waals surface area contributed by atoms with Crippen molar-refractivity contribution < 1.29 is 33.7 Å². The summed E-state index contributed by atoms with van der Waals surface area (Å²) >= 11 is 0. The molecule has 0 radical (unpaired) electrons. The molecule has 9 heteroatoms. The molecule has 1 fully saturated rings. The number of amides is 2. The molecule has 1 aromatic rings. The van der Waals surface area contributed by atoms with Crippen LogP contribution in [0.4, 0.5) is 10.5 Å². The predicted molar refractivity (Wildman–Crippen MR) is 115 cm³/mol. The highest BCUT2D eigenvalue weighted by molar-refractivity contribution is 6.03. The van der Waals surface area contributed by atoms with Crippen LogP contribution in [0.15, 0.2) is 24.8 Å². The van der Waals surface area contributed by atoms with Crippen molar-refractivity contribution in [3.05, 3.63) is 30.4 Å². The average molecular weight is 434 g/mol. The monoisotopic (exact) mass is 434 g/mol. The zero-order valence-electron chi connectivity index (χ0n) is 18.0. The summed E-state index contributed by atoms with van der Waals surface area (Å²) in [4.78, 5) is 38.1. The van der Waals surface area contributed by atoms with E-state index in [4.69, 9.17) is 14.2 Å². The Labute approximate surface area is 182 Å². The maximum Gasteiger partial charge on any atom is 0.411 e. The van der Waals surface area contributed by atoms with Crippen LogP contribution >= 0.6 is 0 Å². The van der Waals surface area contributed by atoms with E-state index in [2.05, 4.69) is 11.9 Å². The third-order valence-corrected chi connectivity index (χ3v) is 4.88. The van der Waals surface area contributed by atoms with Crippen LogP contribution in [0.2, 0.25) is 0 Å². The highest BCUT2D eigenvalue weighted by atomic mass is 16.5. The number of aliphatic hydroxyl groups excluding tert-OH is 1. The average Bonchev–Trinajstić information content (AvgIpc) is 3.23. The van der Waals surface area contributed by atoms with E-state index in [-0.39, 0.29) is 48.8 Å². The van der Waals surface area contributed by atoms with Gasteiger partial charge in [-0.1, -0.05) is 12.7 Å². The van der Waals surface area contributed by atoms with Gasteiger partial charge in [-0.3, -0.25) is 10.1 Å². The summed E-state index contributed by atoms with van der Waals surface area (Å²) in [6.45, 7) is 5.66. The number of aliphatic hydroxyl groups is 1. The Hall–Kier alpha value is -3.07. The summed E-state index contributed by atoms with van der Waals surface area (Å²) in [6, 6.07) is 2.72. The molecule has 1 aromatic carbocycles. The molecule has 0 saturated carbocycles. The van der Waals surface area contributed by atoms with Gasteiger partial charge in [0, 0.05) is 19.0 Å². The molecule has 2 amide bonds. The van der Waals surface area contributed by atoms with Gasteiger partial charge in [0.1, 0.15) is 12.4 Å². The van der Waals surface area contributed by atoms with Crippen molar-refractivity contribution in [1.29, 1.82) is 0 Å². The van der Waals surface area contributed by atoms with E-state index in [1.807, 2.05) is 0 Å². The van der Waals surface area contributed by atoms with Gasteiger partial charge in [0.2, 0.25) is 0 Å². The topological polar surface area (TPSA) is 114 Å². The van der Waals surface area contributed by atoms with E-state index in [9.17, 15) is 19.5 Å². The maximum absolute atomic E-state index is 13.2. The number of ether oxygens (including phenoxy) is 3. The number of anilines is 1. The van der Waals surface area contributed by atoms with E-state index in [0.29, 0.717) is 37.3 Å². The van der Waals surface area contributed by atoms with Crippen molar-refractivity contribution in [3.63, 3.8) is 0 Å². The van der Waals surface area contributed by atoms with Crippen LogP contribution in [0, 0.1) is 0 Å². The van der Waals surface area contributed by atoms with E-state index >= 15 is 0 Å². The van der Waals surface area contributed by atoms with Gasteiger partial charge >= 0.3 is 6.09 Å². The zero-order valence-corrected chi connectivity index (χ0v) is 18.0. The molecular formula is C22H30N2O7. The smallest absolute Gasteiger partial charge is 0.411 e. The van der Waals surface area contributed by atoms with Gasteiger partial charge in [-0.25, -0.2) is 4.79 Å². The summed E-state index contributed by atoms with van der Waals surface area (Å²) < 4.78 is 16.1. The SMILES string of the molecule is C=CCOC(=O)Nc1cc(OCCCC(C)=O)c(OC)cc1C(=O)N1CCC[C@H]1CO. The Morgan fingerprint density at radius 1 is 1.32 bits per heavy atom. The molecule has 0 aliphatic carbocycles. The number of ketones is 1. The quantitative estimate of drug-likeness (QED) is 0.406. The molecule has 170 valence electrons. The summed E-state index contributed by atoms with van der Waals surface area (Å²) in [7, 11) is 1.45. The fourth-order valence-corrected chi connectivity index (χ4v) is 3.34. The number of hydrogen-bond acceptors (Lipinski definition) is 7. The minimum absolute atomic E-state index is 0.0123. The first-order valence-electron chi connectivity index (χ1n) is 10.2. The summed E-state index contributed by atoms with van der Waals surface area (Å²) in [5, 5.41) is 12.2. The van der Waals surface area contributed by atoms with Crippen molar-refractivity contribution >= 4 is 23.5 Å². The minimum Gasteiger partial charge on any atom is -0.493 e. The fraction of sp³-hybridized carbons (Fsp3) is 0.500. The molecule has 2 rings (SSSR count). The van der Waals surface area contributed by atoms with E-state index in [1.54, 1.807) is 4.90 Å². The molecule has 1 saturated heterocycles. The van der Waals surface area contributed by atoms with Gasteiger partial charge in [0.15, 0.2) is 11.5 Å². The van der Waals surface area contributed by atoms with Crippen molar-refractivity contribution in [2.75, 3.05) is 38.8 Å². The highest BCUT2D eigenvalue weighted by Crippen LogP contribution is 2.35. The van der Waals surface area contributed by atoms with E-state index in [0.717, 1.165) is 6.42 Å². The molecule has 9 nitrogen and oxygen atoms in total. The Balaban J connectivity index is 2.34. The molecule has 0 spiro atoms. The van der Waals surface area contributed by atoms with Gasteiger partial charge in [-0.15, -0.1) is 0 Å². The summed E-state index contributed by atoms with van der Waals surface area (Å²) in [6.07, 6.45) is 3.09. The Morgan fingerprint density at radius 3 is 2.74 bits per heavy atom. The Morgan fingerprint density at radius 2 is 2.10 bits per heavy atom. The number of carbonyl (C=O) groups excluding carboxylic acids is 3. The number of Topliss-reactive ketones (excluding diaryl/α,β-unsaturated/α-hetero) is 1. The van der Waals surface area contributed by atoms with Crippen LogP contribution in [-0.2, 0) is 9.53 Å². The normalized spacial score (nSPS) is 15.3. The number of hydrogen-bond donors (Lipinski definition) is 2. The second-order valence-corrected chi connectivity index (χ2v) is 7.19. The van der Waals surface area contributed by atoms with Gasteiger partial charge in [0.05, 0.1) is 37.6 Å². The van der Waals surface area contributed by atoms with Crippen LogP contribution < -0.4 is 14.8 Å². The Kier molecular flexibility index (Phi) is 9.33. The first-order valence-corrected chi connectivity index (χ1v) is 10.2. The lowest BCUT2D eigenvalue weighted by Gasteiger charge is -2.25.